The summed E-state index contributed by atoms with van der Waals surface area (Å²) >= 11 is 3.22. The number of aromatic nitrogens is 1. The van der Waals surface area contributed by atoms with Crippen LogP contribution in [0.1, 0.15) is 23.7 Å². The normalized spacial score (nSPS) is 11.3. The number of hydrogen-bond acceptors (Lipinski definition) is 4. The van der Waals surface area contributed by atoms with Crippen molar-refractivity contribution in [3.8, 4) is 0 Å². The Labute approximate surface area is 108 Å². The molecule has 0 saturated carbocycles. The van der Waals surface area contributed by atoms with Crippen molar-refractivity contribution in [2.45, 2.75) is 18.9 Å². The lowest BCUT2D eigenvalue weighted by Gasteiger charge is -2.29. The topological polar surface area (TPSA) is 82.5 Å². The lowest BCUT2D eigenvalue weighted by molar-refractivity contribution is 0.0652. The first-order chi connectivity index (χ1) is 8.06. The highest BCUT2D eigenvalue weighted by molar-refractivity contribution is 9.10. The van der Waals surface area contributed by atoms with Crippen LogP contribution in [-0.4, -0.2) is 39.9 Å². The number of hydrogen-bond donors (Lipinski definition) is 3. The van der Waals surface area contributed by atoms with Crippen LogP contribution in [0.4, 0.5) is 0 Å². The van der Waals surface area contributed by atoms with Crippen LogP contribution in [0.15, 0.2) is 22.9 Å². The monoisotopic (exact) mass is 302 g/mol. The number of carbonyl (C=O) groups is 1. The number of amides is 1. The Kier molecular flexibility index (Phi) is 5.04. The molecule has 1 aromatic rings. The molecule has 5 nitrogen and oxygen atoms in total. The van der Waals surface area contributed by atoms with Crippen LogP contribution in [0.25, 0.3) is 0 Å². The molecule has 0 fully saturated rings. The fourth-order valence-corrected chi connectivity index (χ4v) is 1.65. The van der Waals surface area contributed by atoms with Gasteiger partial charge in [-0.2, -0.15) is 0 Å². The molecule has 0 spiro atoms. The first kappa shape index (κ1) is 14.1. The molecule has 1 heterocycles. The van der Waals surface area contributed by atoms with E-state index in [-0.39, 0.29) is 19.1 Å². The minimum Gasteiger partial charge on any atom is -0.394 e. The van der Waals surface area contributed by atoms with E-state index in [0.29, 0.717) is 16.5 Å². The minimum atomic E-state index is -0.987. The minimum absolute atomic E-state index is 0.312. The smallest absolute Gasteiger partial charge is 0.253 e. The molecule has 6 heteroatoms. The quantitative estimate of drug-likeness (QED) is 0.748. The molecule has 1 aromatic heterocycles. The Balaban J connectivity index is 2.84. The maximum Gasteiger partial charge on any atom is 0.253 e. The van der Waals surface area contributed by atoms with E-state index in [1.165, 1.54) is 6.20 Å². The Bertz CT molecular complexity index is 386. The Morgan fingerprint density at radius 2 is 2.12 bits per heavy atom. The molecule has 0 saturated heterocycles. The SMILES string of the molecule is CCC(CO)(CO)NC(=O)c1cncc(Br)c1. The largest absolute Gasteiger partial charge is 0.394 e. The van der Waals surface area contributed by atoms with Crippen LogP contribution < -0.4 is 5.32 Å². The van der Waals surface area contributed by atoms with Gasteiger partial charge in [0.25, 0.3) is 5.91 Å². The molecule has 0 bridgehead atoms. The maximum absolute atomic E-state index is 11.9. The highest BCUT2D eigenvalue weighted by Gasteiger charge is 2.28. The Morgan fingerprint density at radius 1 is 1.47 bits per heavy atom. The van der Waals surface area contributed by atoms with E-state index in [1.54, 1.807) is 19.2 Å². The number of rotatable bonds is 5. The van der Waals surface area contributed by atoms with Crippen molar-refractivity contribution in [1.82, 2.24) is 10.3 Å². The summed E-state index contributed by atoms with van der Waals surface area (Å²) in [6, 6.07) is 1.62. The van der Waals surface area contributed by atoms with Gasteiger partial charge < -0.3 is 15.5 Å². The van der Waals surface area contributed by atoms with Crippen LogP contribution in [0.2, 0.25) is 0 Å². The van der Waals surface area contributed by atoms with Gasteiger partial charge in [-0.3, -0.25) is 9.78 Å². The van der Waals surface area contributed by atoms with Gasteiger partial charge in [0.15, 0.2) is 0 Å². The van der Waals surface area contributed by atoms with Crippen LogP contribution in [0.5, 0.6) is 0 Å². The Hall–Kier alpha value is -0.980. The molecule has 1 amide bonds. The molecule has 17 heavy (non-hydrogen) atoms. The van der Waals surface area contributed by atoms with Crippen LogP contribution in [0.3, 0.4) is 0 Å². The number of aliphatic hydroxyl groups is 2. The van der Waals surface area contributed by atoms with E-state index in [0.717, 1.165) is 0 Å². The van der Waals surface area contributed by atoms with Crippen molar-refractivity contribution < 1.29 is 15.0 Å². The summed E-state index contributed by atoms with van der Waals surface area (Å²) in [5.41, 5.74) is -0.613. The molecular weight excluding hydrogens is 288 g/mol. The lowest BCUT2D eigenvalue weighted by atomic mass is 9.98. The highest BCUT2D eigenvalue weighted by atomic mass is 79.9. The first-order valence-electron chi connectivity index (χ1n) is 5.21. The zero-order valence-corrected chi connectivity index (χ0v) is 11.1. The van der Waals surface area contributed by atoms with Crippen molar-refractivity contribution in [1.29, 1.82) is 0 Å². The molecule has 1 rings (SSSR count). The van der Waals surface area contributed by atoms with E-state index in [1.807, 2.05) is 0 Å². The third kappa shape index (κ3) is 3.49. The number of pyridine rings is 1. The van der Waals surface area contributed by atoms with E-state index < -0.39 is 5.54 Å². The van der Waals surface area contributed by atoms with Gasteiger partial charge >= 0.3 is 0 Å². The summed E-state index contributed by atoms with van der Waals surface area (Å²) in [5.74, 6) is -0.372. The highest BCUT2D eigenvalue weighted by Crippen LogP contribution is 2.13. The van der Waals surface area contributed by atoms with Gasteiger partial charge in [-0.25, -0.2) is 0 Å². The molecule has 0 aromatic carbocycles. The van der Waals surface area contributed by atoms with Gasteiger partial charge in [0, 0.05) is 16.9 Å². The number of nitrogens with zero attached hydrogens (tertiary/aromatic N) is 1. The molecule has 0 radical (unpaired) electrons. The summed E-state index contributed by atoms with van der Waals surface area (Å²) in [5, 5.41) is 21.1. The summed E-state index contributed by atoms with van der Waals surface area (Å²) in [6.07, 6.45) is 3.43. The van der Waals surface area contributed by atoms with Crippen LogP contribution in [0, 0.1) is 0 Å². The molecule has 94 valence electrons. The Morgan fingerprint density at radius 3 is 2.59 bits per heavy atom. The predicted octanol–water partition coefficient (Wildman–Crippen LogP) is 0.707. The summed E-state index contributed by atoms with van der Waals surface area (Å²) < 4.78 is 0.695. The van der Waals surface area contributed by atoms with E-state index in [2.05, 4.69) is 26.2 Å². The van der Waals surface area contributed by atoms with E-state index in [9.17, 15) is 15.0 Å². The second-order valence-corrected chi connectivity index (χ2v) is 4.71. The van der Waals surface area contributed by atoms with Crippen molar-refractivity contribution in [2.24, 2.45) is 0 Å². The standard InChI is InChI=1S/C11H15BrN2O3/c1-2-11(6-15,7-16)14-10(17)8-3-9(12)5-13-4-8/h3-5,15-16H,2,6-7H2,1H3,(H,14,17). The van der Waals surface area contributed by atoms with E-state index in [4.69, 9.17) is 0 Å². The van der Waals surface area contributed by atoms with Crippen molar-refractivity contribution in [3.05, 3.63) is 28.5 Å². The third-order valence-corrected chi connectivity index (χ3v) is 3.06. The van der Waals surface area contributed by atoms with Crippen LogP contribution >= 0.6 is 15.9 Å². The van der Waals surface area contributed by atoms with Crippen molar-refractivity contribution >= 4 is 21.8 Å². The second kappa shape index (κ2) is 6.09. The van der Waals surface area contributed by atoms with Crippen LogP contribution in [-0.2, 0) is 0 Å². The van der Waals surface area contributed by atoms with Crippen molar-refractivity contribution in [2.75, 3.05) is 13.2 Å². The predicted molar refractivity (Wildman–Crippen MR) is 66.6 cm³/mol. The number of halogens is 1. The lowest BCUT2D eigenvalue weighted by Crippen LogP contribution is -2.53. The van der Waals surface area contributed by atoms with Gasteiger partial charge in [0.1, 0.15) is 0 Å². The summed E-state index contributed by atoms with van der Waals surface area (Å²) in [6.45, 7) is 1.16. The van der Waals surface area contributed by atoms with Gasteiger partial charge in [0.2, 0.25) is 0 Å². The molecular formula is C11H15BrN2O3. The van der Waals surface area contributed by atoms with Gasteiger partial charge in [-0.05, 0) is 28.4 Å². The average Bonchev–Trinajstić information content (AvgIpc) is 2.36. The zero-order valence-electron chi connectivity index (χ0n) is 9.48. The van der Waals surface area contributed by atoms with E-state index >= 15 is 0 Å². The summed E-state index contributed by atoms with van der Waals surface area (Å²) in [7, 11) is 0. The summed E-state index contributed by atoms with van der Waals surface area (Å²) in [4.78, 5) is 15.8. The molecule has 0 unspecified atom stereocenters. The molecule has 0 atom stereocenters. The molecule has 3 N–H and O–H groups in total. The maximum atomic E-state index is 11.9. The van der Waals surface area contributed by atoms with Gasteiger partial charge in [0.05, 0.1) is 24.3 Å². The first-order valence-corrected chi connectivity index (χ1v) is 6.01. The van der Waals surface area contributed by atoms with Gasteiger partial charge in [-0.15, -0.1) is 0 Å². The third-order valence-electron chi connectivity index (χ3n) is 2.63. The fourth-order valence-electron chi connectivity index (χ4n) is 1.29. The number of carbonyl (C=O) groups excluding carboxylic acids is 1. The number of nitrogens with one attached hydrogen (secondary N) is 1. The second-order valence-electron chi connectivity index (χ2n) is 3.80. The molecule has 0 aliphatic heterocycles. The molecule has 0 aliphatic rings. The molecule has 0 aliphatic carbocycles. The van der Waals surface area contributed by atoms with Gasteiger partial charge in [-0.1, -0.05) is 6.92 Å². The average molecular weight is 303 g/mol. The zero-order chi connectivity index (χ0) is 12.9. The number of aliphatic hydroxyl groups excluding tert-OH is 2. The van der Waals surface area contributed by atoms with Crippen molar-refractivity contribution in [3.63, 3.8) is 0 Å². The fraction of sp³-hybridized carbons (Fsp3) is 0.455.